The first-order valence-corrected chi connectivity index (χ1v) is 7.12. The maximum Gasteiger partial charge on any atom is 0.283 e. The van der Waals surface area contributed by atoms with Crippen molar-refractivity contribution >= 4 is 23.2 Å². The van der Waals surface area contributed by atoms with Crippen molar-refractivity contribution in [2.24, 2.45) is 0 Å². The van der Waals surface area contributed by atoms with E-state index in [1.165, 1.54) is 18.2 Å². The number of carbonyl (C=O) groups excluding carboxylic acids is 1. The number of rotatable bonds is 6. The summed E-state index contributed by atoms with van der Waals surface area (Å²) in [5.74, 6) is 0.342. The van der Waals surface area contributed by atoms with Crippen LogP contribution in [-0.4, -0.2) is 16.9 Å². The zero-order chi connectivity index (χ0) is 16.1. The molecule has 0 fully saturated rings. The highest BCUT2D eigenvalue weighted by molar-refractivity contribution is 6.31. The van der Waals surface area contributed by atoms with Crippen molar-refractivity contribution in [3.8, 4) is 0 Å². The zero-order valence-electron chi connectivity index (χ0n) is 11.9. The summed E-state index contributed by atoms with van der Waals surface area (Å²) in [6, 6.07) is 7.50. The lowest BCUT2D eigenvalue weighted by Crippen LogP contribution is -2.33. The summed E-state index contributed by atoms with van der Waals surface area (Å²) in [4.78, 5) is 22.6. The van der Waals surface area contributed by atoms with Crippen LogP contribution in [0.5, 0.6) is 0 Å². The molecule has 1 heterocycles. The van der Waals surface area contributed by atoms with Gasteiger partial charge in [-0.05, 0) is 37.6 Å². The molecule has 0 bridgehead atoms. The number of nitro benzene ring substituents is 1. The molecule has 2 aromatic rings. The highest BCUT2D eigenvalue weighted by atomic mass is 35.5. The summed E-state index contributed by atoms with van der Waals surface area (Å²) < 4.78 is 5.22. The molecule has 0 aliphatic carbocycles. The third-order valence-electron chi connectivity index (χ3n) is 3.18. The summed E-state index contributed by atoms with van der Waals surface area (Å²) in [7, 11) is 0. The van der Waals surface area contributed by atoms with Crippen molar-refractivity contribution < 1.29 is 14.1 Å². The van der Waals surface area contributed by atoms with Gasteiger partial charge in [-0.25, -0.2) is 0 Å². The molecule has 2 rings (SSSR count). The van der Waals surface area contributed by atoms with Crippen molar-refractivity contribution in [3.63, 3.8) is 0 Å². The van der Waals surface area contributed by atoms with Gasteiger partial charge in [0.15, 0.2) is 0 Å². The average Bonchev–Trinajstić information content (AvgIpc) is 2.98. The number of furan rings is 1. The van der Waals surface area contributed by atoms with Gasteiger partial charge in [0.2, 0.25) is 0 Å². The monoisotopic (exact) mass is 322 g/mol. The van der Waals surface area contributed by atoms with Crippen LogP contribution in [0.1, 0.15) is 29.5 Å². The van der Waals surface area contributed by atoms with Gasteiger partial charge in [-0.2, -0.15) is 0 Å². The van der Waals surface area contributed by atoms with Crippen molar-refractivity contribution in [1.29, 1.82) is 0 Å². The minimum Gasteiger partial charge on any atom is -0.469 e. The fourth-order valence-electron chi connectivity index (χ4n) is 2.04. The molecule has 0 radical (unpaired) electrons. The van der Waals surface area contributed by atoms with Gasteiger partial charge < -0.3 is 9.73 Å². The Morgan fingerprint density at radius 3 is 2.86 bits per heavy atom. The second-order valence-corrected chi connectivity index (χ2v) is 5.35. The van der Waals surface area contributed by atoms with Crippen LogP contribution in [0.4, 0.5) is 5.69 Å². The number of nitrogens with zero attached hydrogens (tertiary/aromatic N) is 1. The molecular weight excluding hydrogens is 308 g/mol. The molecule has 1 aromatic carbocycles. The number of carbonyl (C=O) groups is 1. The molecular formula is C15H15ClN2O4. The van der Waals surface area contributed by atoms with Crippen LogP contribution in [0.25, 0.3) is 0 Å². The smallest absolute Gasteiger partial charge is 0.283 e. The molecule has 1 unspecified atom stereocenters. The maximum atomic E-state index is 12.2. The van der Waals surface area contributed by atoms with Crippen LogP contribution >= 0.6 is 11.6 Å². The molecule has 22 heavy (non-hydrogen) atoms. The predicted octanol–water partition coefficient (Wildman–Crippen LogP) is 3.59. The molecule has 0 spiro atoms. The van der Waals surface area contributed by atoms with Crippen LogP contribution in [-0.2, 0) is 6.42 Å². The Morgan fingerprint density at radius 1 is 1.45 bits per heavy atom. The van der Waals surface area contributed by atoms with E-state index in [4.69, 9.17) is 16.0 Å². The summed E-state index contributed by atoms with van der Waals surface area (Å²) in [6.07, 6.45) is 2.94. The molecule has 7 heteroatoms. The van der Waals surface area contributed by atoms with Crippen molar-refractivity contribution in [3.05, 3.63) is 63.1 Å². The quantitative estimate of drug-likeness (QED) is 0.650. The molecule has 116 valence electrons. The first-order chi connectivity index (χ1) is 10.5. The number of hydrogen-bond acceptors (Lipinski definition) is 4. The van der Waals surface area contributed by atoms with Crippen molar-refractivity contribution in [2.75, 3.05) is 0 Å². The number of nitro groups is 1. The number of nitrogens with one attached hydrogen (secondary N) is 1. The number of benzene rings is 1. The van der Waals surface area contributed by atoms with E-state index in [9.17, 15) is 14.9 Å². The van der Waals surface area contributed by atoms with Gasteiger partial charge in [0.1, 0.15) is 11.3 Å². The minimum atomic E-state index is -0.617. The first kappa shape index (κ1) is 16.0. The average molecular weight is 323 g/mol. The molecule has 0 saturated carbocycles. The van der Waals surface area contributed by atoms with Gasteiger partial charge >= 0.3 is 0 Å². The Hall–Kier alpha value is -2.34. The van der Waals surface area contributed by atoms with Gasteiger partial charge in [0, 0.05) is 23.6 Å². The number of halogens is 1. The third-order valence-corrected chi connectivity index (χ3v) is 3.42. The Labute approximate surface area is 132 Å². The van der Waals surface area contributed by atoms with E-state index < -0.39 is 10.8 Å². The second kappa shape index (κ2) is 7.09. The van der Waals surface area contributed by atoms with E-state index in [2.05, 4.69) is 5.32 Å². The standard InChI is InChI=1S/C15H15ClN2O4/c1-10(4-6-12-3-2-8-22-12)17-15(19)13-7-5-11(16)9-14(13)18(20)21/h2-3,5,7-10H,4,6H2,1H3,(H,17,19). The normalized spacial score (nSPS) is 11.9. The SMILES string of the molecule is CC(CCc1ccco1)NC(=O)c1ccc(Cl)cc1[N+](=O)[O-]. The van der Waals surface area contributed by atoms with E-state index >= 15 is 0 Å². The lowest BCUT2D eigenvalue weighted by Gasteiger charge is -2.13. The third kappa shape index (κ3) is 4.08. The van der Waals surface area contributed by atoms with Gasteiger partial charge in [-0.15, -0.1) is 0 Å². The van der Waals surface area contributed by atoms with Gasteiger partial charge in [0.05, 0.1) is 11.2 Å². The Kier molecular flexibility index (Phi) is 5.16. The molecule has 0 saturated heterocycles. The predicted molar refractivity (Wildman–Crippen MR) is 82.1 cm³/mol. The van der Waals surface area contributed by atoms with Crippen LogP contribution < -0.4 is 5.32 Å². The van der Waals surface area contributed by atoms with Crippen LogP contribution in [0.3, 0.4) is 0 Å². The maximum absolute atomic E-state index is 12.2. The Morgan fingerprint density at radius 2 is 2.23 bits per heavy atom. The second-order valence-electron chi connectivity index (χ2n) is 4.91. The number of aryl methyl sites for hydroxylation is 1. The largest absolute Gasteiger partial charge is 0.469 e. The fourth-order valence-corrected chi connectivity index (χ4v) is 2.20. The number of amides is 1. The summed E-state index contributed by atoms with van der Waals surface area (Å²) in [5, 5.41) is 14.0. The minimum absolute atomic E-state index is 0.000696. The van der Waals surface area contributed by atoms with Gasteiger partial charge in [-0.1, -0.05) is 11.6 Å². The van der Waals surface area contributed by atoms with E-state index in [0.29, 0.717) is 12.8 Å². The molecule has 1 aromatic heterocycles. The van der Waals surface area contributed by atoms with Crippen LogP contribution in [0.2, 0.25) is 5.02 Å². The first-order valence-electron chi connectivity index (χ1n) is 6.74. The van der Waals surface area contributed by atoms with E-state index in [1.807, 2.05) is 13.0 Å². The zero-order valence-corrected chi connectivity index (χ0v) is 12.7. The summed E-state index contributed by atoms with van der Waals surface area (Å²) in [5.41, 5.74) is -0.303. The van der Waals surface area contributed by atoms with E-state index in [0.717, 1.165) is 5.76 Å². The van der Waals surface area contributed by atoms with E-state index in [-0.39, 0.29) is 22.3 Å². The number of hydrogen-bond donors (Lipinski definition) is 1. The lowest BCUT2D eigenvalue weighted by molar-refractivity contribution is -0.385. The topological polar surface area (TPSA) is 85.4 Å². The van der Waals surface area contributed by atoms with Crippen LogP contribution in [0.15, 0.2) is 41.0 Å². The highest BCUT2D eigenvalue weighted by Crippen LogP contribution is 2.23. The Balaban J connectivity index is 2.01. The van der Waals surface area contributed by atoms with Gasteiger partial charge in [-0.3, -0.25) is 14.9 Å². The Bertz CT molecular complexity index is 670. The summed E-state index contributed by atoms with van der Waals surface area (Å²) >= 11 is 5.73. The molecule has 1 amide bonds. The van der Waals surface area contributed by atoms with Gasteiger partial charge in [0.25, 0.3) is 11.6 Å². The summed E-state index contributed by atoms with van der Waals surface area (Å²) in [6.45, 7) is 1.84. The fraction of sp³-hybridized carbons (Fsp3) is 0.267. The molecule has 6 nitrogen and oxygen atoms in total. The van der Waals surface area contributed by atoms with Crippen molar-refractivity contribution in [1.82, 2.24) is 5.32 Å². The van der Waals surface area contributed by atoms with Crippen LogP contribution in [0, 0.1) is 10.1 Å². The van der Waals surface area contributed by atoms with E-state index in [1.54, 1.807) is 12.3 Å². The molecule has 0 aliphatic heterocycles. The highest BCUT2D eigenvalue weighted by Gasteiger charge is 2.21. The molecule has 1 N–H and O–H groups in total. The molecule has 1 atom stereocenters. The lowest BCUT2D eigenvalue weighted by atomic mass is 10.1. The van der Waals surface area contributed by atoms with Crippen molar-refractivity contribution in [2.45, 2.75) is 25.8 Å². The molecule has 0 aliphatic rings.